The summed E-state index contributed by atoms with van der Waals surface area (Å²) in [7, 11) is 0. The van der Waals surface area contributed by atoms with E-state index in [-0.39, 0.29) is 0 Å². The number of hydrogen-bond acceptors (Lipinski definition) is 5. The van der Waals surface area contributed by atoms with Gasteiger partial charge in [-0.25, -0.2) is 4.98 Å². The molecular formula is C19H29N5. The molecule has 5 nitrogen and oxygen atoms in total. The highest BCUT2D eigenvalue weighted by Gasteiger charge is 2.43. The molecule has 3 heterocycles. The summed E-state index contributed by atoms with van der Waals surface area (Å²) in [6.07, 6.45) is 11.6. The summed E-state index contributed by atoms with van der Waals surface area (Å²) >= 11 is 0. The number of hydrogen-bond donors (Lipinski definition) is 2. The van der Waals surface area contributed by atoms with Crippen molar-refractivity contribution in [3.8, 4) is 0 Å². The number of nitrogens with one attached hydrogen (secondary N) is 1. The Morgan fingerprint density at radius 3 is 2.71 bits per heavy atom. The summed E-state index contributed by atoms with van der Waals surface area (Å²) in [6, 6.07) is 0.634. The van der Waals surface area contributed by atoms with Gasteiger partial charge in [0.05, 0.1) is 5.69 Å². The van der Waals surface area contributed by atoms with Crippen LogP contribution in [0.5, 0.6) is 0 Å². The van der Waals surface area contributed by atoms with E-state index in [9.17, 15) is 0 Å². The first-order valence-electron chi connectivity index (χ1n) is 9.90. The maximum atomic E-state index is 6.18. The molecule has 1 aromatic heterocycles. The van der Waals surface area contributed by atoms with Gasteiger partial charge in [0.1, 0.15) is 5.82 Å². The third-order valence-corrected chi connectivity index (χ3v) is 7.05. The van der Waals surface area contributed by atoms with Crippen LogP contribution in [0.1, 0.15) is 62.6 Å². The molecule has 3 fully saturated rings. The molecule has 24 heavy (non-hydrogen) atoms. The minimum absolute atomic E-state index is 0.310. The van der Waals surface area contributed by atoms with Crippen molar-refractivity contribution in [1.82, 2.24) is 15.3 Å². The van der Waals surface area contributed by atoms with E-state index in [2.05, 4.69) is 10.2 Å². The first-order valence-corrected chi connectivity index (χ1v) is 9.90. The molecule has 0 amide bonds. The normalized spacial score (nSPS) is 31.2. The van der Waals surface area contributed by atoms with Crippen LogP contribution in [-0.4, -0.2) is 35.6 Å². The summed E-state index contributed by atoms with van der Waals surface area (Å²) in [5.41, 5.74) is 9.24. The zero-order valence-electron chi connectivity index (χ0n) is 14.6. The summed E-state index contributed by atoms with van der Waals surface area (Å²) in [5.74, 6) is 2.43. The number of fused-ring (bicyclic) bond motifs is 3. The largest absolute Gasteiger partial charge is 0.368 e. The summed E-state index contributed by atoms with van der Waals surface area (Å²) in [5, 5.41) is 3.71. The van der Waals surface area contributed by atoms with Gasteiger partial charge in [-0.15, -0.1) is 0 Å². The number of nitrogens with two attached hydrogens (primary N) is 1. The number of piperidine rings is 1. The van der Waals surface area contributed by atoms with Crippen LogP contribution in [0.2, 0.25) is 0 Å². The second-order valence-electron chi connectivity index (χ2n) is 8.44. The summed E-state index contributed by atoms with van der Waals surface area (Å²) < 4.78 is 0. The SMILES string of the molecule is Nc1nc(N2CC3CCCNC3C2)c2c(n1)C1(CCCC1)CCC2. The number of nitrogen functional groups attached to an aromatic ring is 1. The third-order valence-electron chi connectivity index (χ3n) is 7.05. The molecule has 0 bridgehead atoms. The van der Waals surface area contributed by atoms with Gasteiger partial charge in [0.15, 0.2) is 0 Å². The second-order valence-corrected chi connectivity index (χ2v) is 8.44. The quantitative estimate of drug-likeness (QED) is 0.829. The average Bonchev–Trinajstić information content (AvgIpc) is 3.22. The molecule has 2 atom stereocenters. The van der Waals surface area contributed by atoms with Crippen LogP contribution in [0, 0.1) is 5.92 Å². The first-order chi connectivity index (χ1) is 11.8. The monoisotopic (exact) mass is 327 g/mol. The molecule has 1 saturated carbocycles. The number of aromatic nitrogens is 2. The molecule has 2 aliphatic carbocycles. The van der Waals surface area contributed by atoms with Crippen molar-refractivity contribution in [2.24, 2.45) is 5.92 Å². The highest BCUT2D eigenvalue weighted by atomic mass is 15.3. The summed E-state index contributed by atoms with van der Waals surface area (Å²) in [4.78, 5) is 12.1. The van der Waals surface area contributed by atoms with Crippen LogP contribution < -0.4 is 16.0 Å². The second kappa shape index (κ2) is 5.58. The number of anilines is 2. The van der Waals surface area contributed by atoms with Gasteiger partial charge in [0, 0.05) is 30.1 Å². The van der Waals surface area contributed by atoms with E-state index in [1.54, 1.807) is 0 Å². The highest BCUT2D eigenvalue weighted by Crippen LogP contribution is 2.50. The van der Waals surface area contributed by atoms with Gasteiger partial charge in [-0.1, -0.05) is 12.8 Å². The van der Waals surface area contributed by atoms with Gasteiger partial charge in [0.2, 0.25) is 5.95 Å². The predicted molar refractivity (Wildman–Crippen MR) is 96.3 cm³/mol. The fourth-order valence-corrected chi connectivity index (χ4v) is 5.90. The molecular weight excluding hydrogens is 298 g/mol. The van der Waals surface area contributed by atoms with E-state index >= 15 is 0 Å². The van der Waals surface area contributed by atoms with Crippen molar-refractivity contribution in [1.29, 1.82) is 0 Å². The molecule has 3 N–H and O–H groups in total. The molecule has 5 heteroatoms. The highest BCUT2D eigenvalue weighted by molar-refractivity contribution is 5.56. The van der Waals surface area contributed by atoms with E-state index in [0.29, 0.717) is 17.4 Å². The predicted octanol–water partition coefficient (Wildman–Crippen LogP) is 2.40. The Balaban J connectivity index is 1.54. The lowest BCUT2D eigenvalue weighted by atomic mass is 9.71. The van der Waals surface area contributed by atoms with E-state index in [1.807, 2.05) is 0 Å². The standard InChI is InChI=1S/C19H29N5/c20-18-22-16-14(6-3-9-19(16)7-1-2-8-19)17(23-18)24-11-13-5-4-10-21-15(13)12-24/h13,15,21H,1-12H2,(H2,20,22,23). The molecule has 5 rings (SSSR count). The van der Waals surface area contributed by atoms with Crippen molar-refractivity contribution in [3.63, 3.8) is 0 Å². The molecule has 2 aliphatic heterocycles. The Morgan fingerprint density at radius 1 is 1.04 bits per heavy atom. The Hall–Kier alpha value is -1.36. The molecule has 130 valence electrons. The zero-order valence-corrected chi connectivity index (χ0v) is 14.6. The van der Waals surface area contributed by atoms with Crippen LogP contribution in [0.3, 0.4) is 0 Å². The van der Waals surface area contributed by atoms with Crippen molar-refractivity contribution in [3.05, 3.63) is 11.3 Å². The molecule has 0 radical (unpaired) electrons. The number of nitrogens with zero attached hydrogens (tertiary/aromatic N) is 3. The lowest BCUT2D eigenvalue weighted by molar-refractivity contribution is 0.340. The van der Waals surface area contributed by atoms with Crippen molar-refractivity contribution in [2.45, 2.75) is 69.2 Å². The Morgan fingerprint density at radius 2 is 1.88 bits per heavy atom. The van der Waals surface area contributed by atoms with Gasteiger partial charge in [-0.05, 0) is 57.4 Å². The molecule has 1 aromatic rings. The zero-order chi connectivity index (χ0) is 16.1. The minimum Gasteiger partial charge on any atom is -0.368 e. The van der Waals surface area contributed by atoms with Gasteiger partial charge < -0.3 is 16.0 Å². The van der Waals surface area contributed by atoms with Gasteiger partial charge in [-0.2, -0.15) is 4.98 Å². The van der Waals surface area contributed by atoms with Crippen molar-refractivity contribution >= 4 is 11.8 Å². The van der Waals surface area contributed by atoms with Crippen molar-refractivity contribution in [2.75, 3.05) is 30.3 Å². The lowest BCUT2D eigenvalue weighted by Gasteiger charge is -2.36. The topological polar surface area (TPSA) is 67.1 Å². The van der Waals surface area contributed by atoms with Crippen LogP contribution in [0.15, 0.2) is 0 Å². The Labute approximate surface area is 144 Å². The summed E-state index contributed by atoms with van der Waals surface area (Å²) in [6.45, 7) is 3.39. The van der Waals surface area contributed by atoms with Crippen LogP contribution in [0.4, 0.5) is 11.8 Å². The maximum absolute atomic E-state index is 6.18. The molecule has 4 aliphatic rings. The molecule has 2 unspecified atom stereocenters. The first kappa shape index (κ1) is 14.9. The van der Waals surface area contributed by atoms with Crippen LogP contribution in [0.25, 0.3) is 0 Å². The van der Waals surface area contributed by atoms with E-state index in [0.717, 1.165) is 25.4 Å². The smallest absolute Gasteiger partial charge is 0.222 e. The van der Waals surface area contributed by atoms with Crippen LogP contribution >= 0.6 is 0 Å². The van der Waals surface area contributed by atoms with Gasteiger partial charge in [0.25, 0.3) is 0 Å². The van der Waals surface area contributed by atoms with Gasteiger partial charge in [-0.3, -0.25) is 0 Å². The fourth-order valence-electron chi connectivity index (χ4n) is 5.90. The van der Waals surface area contributed by atoms with E-state index in [1.165, 1.54) is 75.0 Å². The molecule has 0 aromatic carbocycles. The Bertz CT molecular complexity index is 623. The fraction of sp³-hybridized carbons (Fsp3) is 0.789. The maximum Gasteiger partial charge on any atom is 0.222 e. The average molecular weight is 327 g/mol. The van der Waals surface area contributed by atoms with Crippen LogP contribution in [-0.2, 0) is 11.8 Å². The van der Waals surface area contributed by atoms with Gasteiger partial charge >= 0.3 is 0 Å². The van der Waals surface area contributed by atoms with Crippen molar-refractivity contribution < 1.29 is 0 Å². The van der Waals surface area contributed by atoms with E-state index < -0.39 is 0 Å². The molecule has 1 spiro atoms. The number of rotatable bonds is 1. The molecule has 2 saturated heterocycles. The Kier molecular flexibility index (Phi) is 3.47. The minimum atomic E-state index is 0.310. The van der Waals surface area contributed by atoms with E-state index in [4.69, 9.17) is 15.7 Å². The third kappa shape index (κ3) is 2.24. The lowest BCUT2D eigenvalue weighted by Crippen LogP contribution is -2.40.